The molecule has 4 N–H and O–H groups in total. The Balaban J connectivity index is 3.02. The van der Waals surface area contributed by atoms with Crippen molar-refractivity contribution in [3.05, 3.63) is 35.4 Å². The maximum absolute atomic E-state index is 13.4. The Morgan fingerprint density at radius 2 is 1.20 bits per heavy atom. The molecular weight excluding hydrogens is 589 g/mol. The van der Waals surface area contributed by atoms with E-state index in [4.69, 9.17) is 5.73 Å². The lowest BCUT2D eigenvalue weighted by Gasteiger charge is -2.30. The van der Waals surface area contributed by atoms with Crippen molar-refractivity contribution in [3.8, 4) is 0 Å². The maximum Gasteiger partial charge on any atom is 0.329 e. The van der Waals surface area contributed by atoms with Crippen LogP contribution in [0, 0.1) is 5.92 Å². The summed E-state index contributed by atoms with van der Waals surface area (Å²) >= 11 is 0. The van der Waals surface area contributed by atoms with E-state index in [0.29, 0.717) is 24.1 Å². The van der Waals surface area contributed by atoms with Gasteiger partial charge in [-0.15, -0.1) is 0 Å². The summed E-state index contributed by atoms with van der Waals surface area (Å²) in [6.07, 6.45) is 2.31. The molecule has 0 heterocycles. The number of benzene rings is 1. The Kier molecular flexibility index (Phi) is 16.9. The largest absolute Gasteiger partial charge is 0.368 e. The Morgan fingerprint density at radius 1 is 0.727 bits per heavy atom. The van der Waals surface area contributed by atoms with Crippen LogP contribution in [0.15, 0.2) is 24.3 Å². The smallest absolute Gasteiger partial charge is 0.329 e. The minimum absolute atomic E-state index is 0.0857. The third-order valence-electron chi connectivity index (χ3n) is 6.86. The highest BCUT2D eigenvalue weighted by Gasteiger charge is 2.26. The number of likely N-dealkylation sites (N-methyl/N-ethyl adjacent to an activating group) is 2. The monoisotopic (exact) mass is 639 g/mol. The second-order valence-corrected chi connectivity index (χ2v) is 12.9. The molecule has 14 heteroatoms. The number of nitrogens with two attached hydrogens (primary N) is 1. The van der Waals surface area contributed by atoms with Crippen LogP contribution < -0.4 is 5.73 Å². The Labute approximate surface area is 260 Å². The molecule has 0 atom stereocenters. The molecule has 0 aliphatic rings. The van der Waals surface area contributed by atoms with E-state index in [9.17, 15) is 38.3 Å². The second kappa shape index (κ2) is 19.2. The van der Waals surface area contributed by atoms with Crippen molar-refractivity contribution in [1.29, 1.82) is 0 Å². The average Bonchev–Trinajstić information content (AvgIpc) is 2.93. The molecule has 0 unspecified atom stereocenters. The van der Waals surface area contributed by atoms with Crippen LogP contribution in [-0.2, 0) is 41.2 Å². The second-order valence-electron chi connectivity index (χ2n) is 11.3. The first-order valence-electron chi connectivity index (χ1n) is 15.1. The number of nitrogens with zero attached hydrogens (tertiary/aromatic N) is 4. The molecule has 0 aliphatic heterocycles. The van der Waals surface area contributed by atoms with Crippen molar-refractivity contribution in [3.63, 3.8) is 0 Å². The molecule has 44 heavy (non-hydrogen) atoms. The van der Waals surface area contributed by atoms with E-state index in [1.807, 2.05) is 20.8 Å². The third kappa shape index (κ3) is 14.9. The Bertz CT molecular complexity index is 1150. The van der Waals surface area contributed by atoms with Crippen LogP contribution in [0.2, 0.25) is 0 Å². The Hall–Kier alpha value is -3.28. The minimum Gasteiger partial charge on any atom is -0.368 e. The van der Waals surface area contributed by atoms with Gasteiger partial charge in [0.2, 0.25) is 29.5 Å². The molecule has 0 spiro atoms. The summed E-state index contributed by atoms with van der Waals surface area (Å²) < 4.78 is 11.3. The Morgan fingerprint density at radius 3 is 1.64 bits per heavy atom. The van der Waals surface area contributed by atoms with Crippen LogP contribution in [-0.4, -0.2) is 105 Å². The highest BCUT2D eigenvalue weighted by Crippen LogP contribution is 2.38. The van der Waals surface area contributed by atoms with Gasteiger partial charge in [0.25, 0.3) is 0 Å². The molecule has 5 amide bonds. The summed E-state index contributed by atoms with van der Waals surface area (Å²) in [6.45, 7) is 9.01. The highest BCUT2D eigenvalue weighted by atomic mass is 31.2. The van der Waals surface area contributed by atoms with Gasteiger partial charge in [-0.1, -0.05) is 57.9 Å². The van der Waals surface area contributed by atoms with Crippen molar-refractivity contribution in [2.45, 2.75) is 73.0 Å². The molecule has 0 aliphatic carbocycles. The molecule has 248 valence electrons. The highest BCUT2D eigenvalue weighted by molar-refractivity contribution is 7.50. The van der Waals surface area contributed by atoms with Crippen molar-refractivity contribution >= 4 is 37.1 Å². The summed E-state index contributed by atoms with van der Waals surface area (Å²) in [5.41, 5.74) is 6.45. The number of hydrogen-bond donors (Lipinski definition) is 3. The summed E-state index contributed by atoms with van der Waals surface area (Å²) in [4.78, 5) is 88.0. The average molecular weight is 640 g/mol. The van der Waals surface area contributed by atoms with E-state index in [-0.39, 0.29) is 64.1 Å². The van der Waals surface area contributed by atoms with Gasteiger partial charge in [0.15, 0.2) is 0 Å². The van der Waals surface area contributed by atoms with Gasteiger partial charge < -0.3 is 35.1 Å². The zero-order valence-electron chi connectivity index (χ0n) is 26.7. The van der Waals surface area contributed by atoms with Crippen molar-refractivity contribution < 1.29 is 38.3 Å². The molecule has 0 bridgehead atoms. The SMILES string of the molecule is CCCCCC(=O)N(CC(=O)N(CC)CC(=O)N(CC)CC(=O)N(CC(N)=O)CC(C)C)Cc1ccc(CP(=O)(O)O)cc1. The summed E-state index contributed by atoms with van der Waals surface area (Å²) in [7, 11) is -4.23. The van der Waals surface area contributed by atoms with Crippen LogP contribution in [0.1, 0.15) is 71.4 Å². The van der Waals surface area contributed by atoms with Crippen LogP contribution in [0.25, 0.3) is 0 Å². The summed E-state index contributed by atoms with van der Waals surface area (Å²) in [6, 6.07) is 6.50. The molecule has 13 nitrogen and oxygen atoms in total. The van der Waals surface area contributed by atoms with E-state index in [0.717, 1.165) is 12.8 Å². The molecule has 1 rings (SSSR count). The number of primary amides is 1. The molecule has 0 radical (unpaired) electrons. The maximum atomic E-state index is 13.4. The zero-order valence-corrected chi connectivity index (χ0v) is 27.6. The molecule has 1 aromatic carbocycles. The van der Waals surface area contributed by atoms with E-state index >= 15 is 0 Å². The number of carbonyl (C=O) groups excluding carboxylic acids is 5. The van der Waals surface area contributed by atoms with Crippen molar-refractivity contribution in [2.24, 2.45) is 11.7 Å². The van der Waals surface area contributed by atoms with Crippen LogP contribution in [0.5, 0.6) is 0 Å². The normalized spacial score (nSPS) is 11.3. The van der Waals surface area contributed by atoms with Gasteiger partial charge in [-0.05, 0) is 37.3 Å². The molecule has 1 aromatic rings. The van der Waals surface area contributed by atoms with Gasteiger partial charge in [0.05, 0.1) is 25.8 Å². The van der Waals surface area contributed by atoms with E-state index < -0.39 is 37.4 Å². The topological polar surface area (TPSA) is 182 Å². The van der Waals surface area contributed by atoms with Crippen molar-refractivity contribution in [1.82, 2.24) is 19.6 Å². The molecule has 0 aromatic heterocycles. The van der Waals surface area contributed by atoms with Crippen LogP contribution in [0.4, 0.5) is 0 Å². The lowest BCUT2D eigenvalue weighted by Crippen LogP contribution is -2.50. The fourth-order valence-electron chi connectivity index (χ4n) is 4.55. The molecule has 0 saturated heterocycles. The summed E-state index contributed by atoms with van der Waals surface area (Å²) in [5.74, 6) is -2.07. The van der Waals surface area contributed by atoms with Gasteiger partial charge in [-0.2, -0.15) is 0 Å². The van der Waals surface area contributed by atoms with Gasteiger partial charge in [-0.25, -0.2) is 0 Å². The van der Waals surface area contributed by atoms with E-state index in [2.05, 4.69) is 0 Å². The molecule has 0 saturated carbocycles. The summed E-state index contributed by atoms with van der Waals surface area (Å²) in [5, 5.41) is 0. The first-order valence-corrected chi connectivity index (χ1v) is 16.9. The number of rotatable bonds is 20. The fraction of sp³-hybridized carbons (Fsp3) is 0.633. The van der Waals surface area contributed by atoms with E-state index in [1.165, 1.54) is 19.6 Å². The predicted octanol–water partition coefficient (Wildman–Crippen LogP) is 1.94. The first kappa shape index (κ1) is 38.7. The lowest BCUT2D eigenvalue weighted by atomic mass is 10.1. The van der Waals surface area contributed by atoms with Gasteiger partial charge in [0.1, 0.15) is 6.54 Å². The number of carbonyl (C=O) groups is 5. The first-order chi connectivity index (χ1) is 20.6. The van der Waals surface area contributed by atoms with Gasteiger partial charge >= 0.3 is 7.60 Å². The minimum atomic E-state index is -4.23. The third-order valence-corrected chi connectivity index (χ3v) is 7.64. The number of unbranched alkanes of at least 4 members (excludes halogenated alkanes) is 2. The number of amides is 5. The predicted molar refractivity (Wildman–Crippen MR) is 167 cm³/mol. The quantitative estimate of drug-likeness (QED) is 0.143. The van der Waals surface area contributed by atoms with Gasteiger partial charge in [-0.3, -0.25) is 28.5 Å². The number of hydrogen-bond acceptors (Lipinski definition) is 6. The van der Waals surface area contributed by atoms with Crippen molar-refractivity contribution in [2.75, 3.05) is 45.8 Å². The standard InChI is InChI=1S/C30H50N5O8P/c1-6-9-10-11-27(37)35(17-24-12-14-25(15-13-24)22-44(41,42)43)21-29(39)32(7-2)19-28(38)33(8-3)20-30(40)34(16-23(4)5)18-26(31)36/h12-15,23H,6-11,16-22H2,1-5H3,(H2,31,36)(H2,41,42,43). The van der Waals surface area contributed by atoms with Crippen LogP contribution >= 0.6 is 7.60 Å². The van der Waals surface area contributed by atoms with Crippen LogP contribution in [0.3, 0.4) is 0 Å². The molecule has 0 fully saturated rings. The molecular formula is C30H50N5O8P. The zero-order chi connectivity index (χ0) is 33.4. The van der Waals surface area contributed by atoms with E-state index in [1.54, 1.807) is 38.1 Å². The fourth-order valence-corrected chi connectivity index (χ4v) is 5.24. The van der Waals surface area contributed by atoms with Gasteiger partial charge in [0, 0.05) is 32.6 Å². The lowest BCUT2D eigenvalue weighted by molar-refractivity contribution is -0.146.